The van der Waals surface area contributed by atoms with E-state index in [1.165, 1.54) is 24.3 Å². The predicted octanol–water partition coefficient (Wildman–Crippen LogP) is 4.93. The molecule has 0 aliphatic heterocycles. The third-order valence-corrected chi connectivity index (χ3v) is 3.39. The number of hydrogen-bond acceptors (Lipinski definition) is 7. The molecule has 29 heavy (non-hydrogen) atoms. The smallest absolute Gasteiger partial charge is 0.454 e. The summed E-state index contributed by atoms with van der Waals surface area (Å²) in [5.74, 6) is -0.297. The van der Waals surface area contributed by atoms with E-state index in [1.54, 1.807) is 0 Å². The number of nitrogens with one attached hydrogen (secondary N) is 2. The van der Waals surface area contributed by atoms with Crippen LogP contribution in [0.15, 0.2) is 24.3 Å². The molecule has 2 rings (SSSR count). The zero-order chi connectivity index (χ0) is 21.7. The molecule has 0 amide bonds. The lowest BCUT2D eigenvalue weighted by Gasteiger charge is -2.15. The lowest BCUT2D eigenvalue weighted by molar-refractivity contribution is -0.154. The molecule has 0 saturated carbocycles. The van der Waals surface area contributed by atoms with Crippen LogP contribution in [0.2, 0.25) is 0 Å². The van der Waals surface area contributed by atoms with E-state index in [0.29, 0.717) is 12.1 Å². The van der Waals surface area contributed by atoms with Gasteiger partial charge >= 0.3 is 17.8 Å². The van der Waals surface area contributed by atoms with Crippen LogP contribution >= 0.6 is 11.6 Å². The zero-order valence-electron chi connectivity index (χ0n) is 15.2. The Kier molecular flexibility index (Phi) is 7.22. The molecule has 0 bridgehead atoms. The van der Waals surface area contributed by atoms with Crippen molar-refractivity contribution in [2.45, 2.75) is 38.1 Å². The summed E-state index contributed by atoms with van der Waals surface area (Å²) < 4.78 is 71.3. The van der Waals surface area contributed by atoms with E-state index in [2.05, 4.69) is 46.7 Å². The summed E-state index contributed by atoms with van der Waals surface area (Å²) in [4.78, 5) is 11.7. The zero-order valence-corrected chi connectivity index (χ0v) is 16.0. The maximum Gasteiger partial charge on any atom is 0.487 e. The number of halogens is 6. The van der Waals surface area contributed by atoms with Crippen LogP contribution in [0.4, 0.5) is 39.5 Å². The minimum absolute atomic E-state index is 0.00996. The highest BCUT2D eigenvalue weighted by Gasteiger charge is 2.29. The molecule has 0 aliphatic rings. The first-order valence-electron chi connectivity index (χ1n) is 8.28. The monoisotopic (exact) mass is 441 g/mol. The van der Waals surface area contributed by atoms with Crippen molar-refractivity contribution in [1.29, 1.82) is 0 Å². The van der Waals surface area contributed by atoms with E-state index in [0.717, 1.165) is 0 Å². The van der Waals surface area contributed by atoms with Gasteiger partial charge in [-0.1, -0.05) is 6.92 Å². The van der Waals surface area contributed by atoms with Gasteiger partial charge < -0.3 is 20.1 Å². The summed E-state index contributed by atoms with van der Waals surface area (Å²) in [6.45, 7) is 2.16. The summed E-state index contributed by atoms with van der Waals surface area (Å²) in [5, 5.41) is 5.63. The molecular weight excluding hydrogens is 425 g/mol. The van der Waals surface area contributed by atoms with Gasteiger partial charge in [0.2, 0.25) is 11.9 Å². The van der Waals surface area contributed by atoms with Gasteiger partial charge in [-0.15, -0.1) is 8.78 Å². The first-order chi connectivity index (χ1) is 13.4. The number of alkyl halides is 6. The normalized spacial score (nSPS) is 13.0. The SMILES string of the molecule is CCC(C)Nc1nc(Nc2ccc(OC(F)(F)Cl)cc2)nc(OCC(F)(F)F)n1. The quantitative estimate of drug-likeness (QED) is 0.421. The number of benzene rings is 1. The Morgan fingerprint density at radius 1 is 1.03 bits per heavy atom. The van der Waals surface area contributed by atoms with Gasteiger partial charge in [0.15, 0.2) is 6.61 Å². The molecular formula is C16H17ClF5N5O2. The second-order valence-electron chi connectivity index (χ2n) is 5.82. The van der Waals surface area contributed by atoms with E-state index < -0.39 is 24.4 Å². The maximum absolute atomic E-state index is 12.6. The van der Waals surface area contributed by atoms with Gasteiger partial charge in [0.25, 0.3) is 0 Å². The fourth-order valence-electron chi connectivity index (χ4n) is 1.88. The summed E-state index contributed by atoms with van der Waals surface area (Å²) in [7, 11) is 0. The molecule has 0 aliphatic carbocycles. The highest BCUT2D eigenvalue weighted by atomic mass is 35.5. The molecule has 0 fully saturated rings. The lowest BCUT2D eigenvalue weighted by atomic mass is 10.3. The number of anilines is 3. The van der Waals surface area contributed by atoms with Crippen molar-refractivity contribution in [1.82, 2.24) is 15.0 Å². The van der Waals surface area contributed by atoms with E-state index in [-0.39, 0.29) is 23.7 Å². The molecule has 0 saturated heterocycles. The molecule has 2 N–H and O–H groups in total. The van der Waals surface area contributed by atoms with Crippen molar-refractivity contribution in [3.05, 3.63) is 24.3 Å². The van der Waals surface area contributed by atoms with Gasteiger partial charge in [-0.25, -0.2) is 0 Å². The first kappa shape index (κ1) is 22.7. The average Bonchev–Trinajstić information content (AvgIpc) is 2.59. The Morgan fingerprint density at radius 3 is 2.21 bits per heavy atom. The van der Waals surface area contributed by atoms with Crippen LogP contribution in [0, 0.1) is 0 Å². The van der Waals surface area contributed by atoms with E-state index in [1.807, 2.05) is 13.8 Å². The predicted molar refractivity (Wildman–Crippen MR) is 95.9 cm³/mol. The molecule has 7 nitrogen and oxygen atoms in total. The van der Waals surface area contributed by atoms with Crippen molar-refractivity contribution in [3.63, 3.8) is 0 Å². The van der Waals surface area contributed by atoms with Crippen LogP contribution in [0.5, 0.6) is 11.8 Å². The lowest BCUT2D eigenvalue weighted by Crippen LogP contribution is -2.21. The van der Waals surface area contributed by atoms with Gasteiger partial charge in [-0.2, -0.15) is 28.1 Å². The number of ether oxygens (including phenoxy) is 2. The van der Waals surface area contributed by atoms with Crippen LogP contribution in [-0.2, 0) is 0 Å². The Morgan fingerprint density at radius 2 is 1.66 bits per heavy atom. The van der Waals surface area contributed by atoms with Crippen LogP contribution in [0.3, 0.4) is 0 Å². The molecule has 1 aromatic carbocycles. The maximum atomic E-state index is 12.6. The van der Waals surface area contributed by atoms with Crippen molar-refractivity contribution in [2.24, 2.45) is 0 Å². The first-order valence-corrected chi connectivity index (χ1v) is 8.66. The second kappa shape index (κ2) is 9.25. The molecule has 13 heteroatoms. The number of aromatic nitrogens is 3. The molecule has 0 spiro atoms. The van der Waals surface area contributed by atoms with E-state index in [4.69, 9.17) is 0 Å². The van der Waals surface area contributed by atoms with E-state index in [9.17, 15) is 22.0 Å². The van der Waals surface area contributed by atoms with Crippen molar-refractivity contribution < 1.29 is 31.4 Å². The van der Waals surface area contributed by atoms with E-state index >= 15 is 0 Å². The Hall–Kier alpha value is -2.63. The Balaban J connectivity index is 2.19. The van der Waals surface area contributed by atoms with Crippen molar-refractivity contribution >= 4 is 29.2 Å². The summed E-state index contributed by atoms with van der Waals surface area (Å²) in [5.41, 5.74) is -3.51. The summed E-state index contributed by atoms with van der Waals surface area (Å²) in [6, 6.07) is 4.54. The number of hydrogen-bond donors (Lipinski definition) is 2. The fourth-order valence-corrected chi connectivity index (χ4v) is 1.97. The summed E-state index contributed by atoms with van der Waals surface area (Å²) in [6.07, 6.45) is -3.86. The Labute approximate surface area is 167 Å². The molecule has 1 unspecified atom stereocenters. The third-order valence-electron chi connectivity index (χ3n) is 3.31. The highest BCUT2D eigenvalue weighted by Crippen LogP contribution is 2.27. The number of rotatable bonds is 9. The largest absolute Gasteiger partial charge is 0.487 e. The highest BCUT2D eigenvalue weighted by molar-refractivity contribution is 6.20. The van der Waals surface area contributed by atoms with Crippen LogP contribution in [0.1, 0.15) is 20.3 Å². The van der Waals surface area contributed by atoms with Crippen molar-refractivity contribution in [2.75, 3.05) is 17.2 Å². The minimum atomic E-state index is -4.56. The standard InChI is InChI=1S/C16H17ClF5N5O2/c1-3-9(2)23-12-25-13(27-14(26-12)28-8-15(18,19)20)24-10-4-6-11(7-5-10)29-16(17,21)22/h4-7,9H,3,8H2,1-2H3,(H2,23,24,25,26,27). The third kappa shape index (κ3) is 8.50. The number of nitrogens with zero attached hydrogens (tertiary/aromatic N) is 3. The van der Waals surface area contributed by atoms with Gasteiger partial charge in [0.05, 0.1) is 0 Å². The molecule has 0 radical (unpaired) electrons. The van der Waals surface area contributed by atoms with Gasteiger partial charge in [0.1, 0.15) is 5.75 Å². The van der Waals surface area contributed by atoms with Gasteiger partial charge in [-0.05, 0) is 37.6 Å². The van der Waals surface area contributed by atoms with Crippen LogP contribution in [0.25, 0.3) is 0 Å². The topological polar surface area (TPSA) is 81.2 Å². The summed E-state index contributed by atoms with van der Waals surface area (Å²) >= 11 is 4.69. The fraction of sp³-hybridized carbons (Fsp3) is 0.438. The van der Waals surface area contributed by atoms with Crippen molar-refractivity contribution in [3.8, 4) is 11.8 Å². The molecule has 1 aromatic heterocycles. The molecule has 1 atom stereocenters. The molecule has 160 valence electrons. The second-order valence-corrected chi connectivity index (χ2v) is 6.26. The Bertz CT molecular complexity index is 802. The van der Waals surface area contributed by atoms with Gasteiger partial charge in [-0.3, -0.25) is 0 Å². The molecule has 1 heterocycles. The average molecular weight is 442 g/mol. The molecule has 2 aromatic rings. The van der Waals surface area contributed by atoms with Crippen LogP contribution in [-0.4, -0.2) is 39.3 Å². The van der Waals surface area contributed by atoms with Gasteiger partial charge in [0, 0.05) is 23.3 Å². The van der Waals surface area contributed by atoms with Crippen LogP contribution < -0.4 is 20.1 Å². The minimum Gasteiger partial charge on any atom is -0.454 e.